The molecule has 2 atom stereocenters. The van der Waals surface area contributed by atoms with Crippen molar-refractivity contribution in [3.8, 4) is 0 Å². The fourth-order valence-corrected chi connectivity index (χ4v) is 2.98. The summed E-state index contributed by atoms with van der Waals surface area (Å²) in [6.45, 7) is 6.54. The average molecular weight is 236 g/mol. The summed E-state index contributed by atoms with van der Waals surface area (Å²) >= 11 is 0. The van der Waals surface area contributed by atoms with E-state index in [1.807, 2.05) is 0 Å². The van der Waals surface area contributed by atoms with Gasteiger partial charge in [-0.25, -0.2) is 0 Å². The first-order valence-corrected chi connectivity index (χ1v) is 6.80. The molecule has 0 saturated heterocycles. The highest BCUT2D eigenvalue weighted by Gasteiger charge is 2.29. The number of hydrogen-bond donors (Lipinski definition) is 2. The quantitative estimate of drug-likeness (QED) is 0.735. The third-order valence-electron chi connectivity index (χ3n) is 3.98. The largest absolute Gasteiger partial charge is 0.393 e. The summed E-state index contributed by atoms with van der Waals surface area (Å²) in [4.78, 5) is 0. The number of hydrogen-bond acceptors (Lipinski definition) is 3. The molecule has 17 heavy (non-hydrogen) atoms. The lowest BCUT2D eigenvalue weighted by molar-refractivity contribution is 0.145. The molecule has 0 amide bonds. The van der Waals surface area contributed by atoms with E-state index in [0.717, 1.165) is 32.1 Å². The first-order chi connectivity index (χ1) is 8.09. The van der Waals surface area contributed by atoms with Crippen LogP contribution in [0.1, 0.15) is 52.9 Å². The highest BCUT2D eigenvalue weighted by atomic mass is 16.3. The summed E-state index contributed by atoms with van der Waals surface area (Å²) in [5.74, 6) is 1.02. The van der Waals surface area contributed by atoms with Gasteiger partial charge in [0.15, 0.2) is 0 Å². The fourth-order valence-electron chi connectivity index (χ4n) is 2.98. The van der Waals surface area contributed by atoms with E-state index in [1.54, 1.807) is 0 Å². The Morgan fingerprint density at radius 3 is 2.76 bits per heavy atom. The molecule has 0 radical (unpaired) electrons. The van der Waals surface area contributed by atoms with Crippen molar-refractivity contribution in [3.05, 3.63) is 11.3 Å². The minimum Gasteiger partial charge on any atom is -0.393 e. The van der Waals surface area contributed by atoms with Crippen LogP contribution in [0, 0.1) is 11.8 Å². The Morgan fingerprint density at radius 1 is 1.29 bits per heavy atom. The van der Waals surface area contributed by atoms with Gasteiger partial charge in [-0.15, -0.1) is 0 Å². The standard InChI is InChI=1S/C14H24N2O/c1-9(2)14-13-6-4-5-11(17)7-8-12(13)10(3)15-16-14/h9,11,13,15,17H,4-8H2,1-3H3. The zero-order valence-electron chi connectivity index (χ0n) is 11.2. The van der Waals surface area contributed by atoms with Gasteiger partial charge in [0.25, 0.3) is 0 Å². The molecule has 2 N–H and O–H groups in total. The second kappa shape index (κ2) is 5.21. The van der Waals surface area contributed by atoms with E-state index in [0.29, 0.717) is 11.8 Å². The van der Waals surface area contributed by atoms with Crippen molar-refractivity contribution in [1.82, 2.24) is 5.43 Å². The smallest absolute Gasteiger partial charge is 0.0543 e. The Morgan fingerprint density at radius 2 is 2.06 bits per heavy atom. The van der Waals surface area contributed by atoms with Gasteiger partial charge in [-0.2, -0.15) is 5.10 Å². The maximum atomic E-state index is 9.79. The van der Waals surface area contributed by atoms with Gasteiger partial charge in [0, 0.05) is 17.3 Å². The molecule has 2 rings (SSSR count). The van der Waals surface area contributed by atoms with Crippen molar-refractivity contribution in [2.24, 2.45) is 16.9 Å². The lowest BCUT2D eigenvalue weighted by atomic mass is 9.78. The number of hydrazone groups is 1. The minimum absolute atomic E-state index is 0.113. The van der Waals surface area contributed by atoms with Crippen LogP contribution in [0.3, 0.4) is 0 Å². The van der Waals surface area contributed by atoms with E-state index < -0.39 is 0 Å². The molecule has 2 unspecified atom stereocenters. The van der Waals surface area contributed by atoms with E-state index in [4.69, 9.17) is 0 Å². The summed E-state index contributed by atoms with van der Waals surface area (Å²) in [6, 6.07) is 0. The van der Waals surface area contributed by atoms with Gasteiger partial charge in [-0.1, -0.05) is 13.8 Å². The summed E-state index contributed by atoms with van der Waals surface area (Å²) in [5.41, 5.74) is 7.13. The highest BCUT2D eigenvalue weighted by molar-refractivity contribution is 5.91. The van der Waals surface area contributed by atoms with Gasteiger partial charge >= 0.3 is 0 Å². The molecule has 1 aliphatic carbocycles. The van der Waals surface area contributed by atoms with Gasteiger partial charge in [0.1, 0.15) is 0 Å². The molecule has 3 heteroatoms. The lowest BCUT2D eigenvalue weighted by Crippen LogP contribution is -2.32. The van der Waals surface area contributed by atoms with Gasteiger partial charge in [-0.05, 0) is 50.5 Å². The summed E-state index contributed by atoms with van der Waals surface area (Å²) in [5, 5.41) is 14.3. The Labute approximate surface area is 104 Å². The van der Waals surface area contributed by atoms with Crippen LogP contribution in [0.25, 0.3) is 0 Å². The molecule has 1 fully saturated rings. The van der Waals surface area contributed by atoms with Crippen LogP contribution in [0.4, 0.5) is 0 Å². The van der Waals surface area contributed by atoms with E-state index in [1.165, 1.54) is 17.0 Å². The van der Waals surface area contributed by atoms with Crippen LogP contribution in [0.2, 0.25) is 0 Å². The molecular formula is C14H24N2O. The first kappa shape index (κ1) is 12.6. The van der Waals surface area contributed by atoms with Crippen molar-refractivity contribution < 1.29 is 5.11 Å². The first-order valence-electron chi connectivity index (χ1n) is 6.80. The average Bonchev–Trinajstić information content (AvgIpc) is 2.24. The Hall–Kier alpha value is -0.830. The third kappa shape index (κ3) is 2.71. The van der Waals surface area contributed by atoms with E-state index in [9.17, 15) is 5.11 Å². The normalized spacial score (nSPS) is 30.3. The predicted molar refractivity (Wildman–Crippen MR) is 70.7 cm³/mol. The van der Waals surface area contributed by atoms with Crippen LogP contribution in [0.5, 0.6) is 0 Å². The SMILES string of the molecule is CC1=C2CCC(O)CCCC2C(C(C)C)=NN1. The fraction of sp³-hybridized carbons (Fsp3) is 0.786. The van der Waals surface area contributed by atoms with Crippen molar-refractivity contribution in [2.45, 2.75) is 59.0 Å². The van der Waals surface area contributed by atoms with Crippen molar-refractivity contribution in [2.75, 3.05) is 0 Å². The molecule has 3 nitrogen and oxygen atoms in total. The Bertz CT molecular complexity index is 344. The summed E-state index contributed by atoms with van der Waals surface area (Å²) in [7, 11) is 0. The summed E-state index contributed by atoms with van der Waals surface area (Å²) in [6.07, 6.45) is 4.99. The highest BCUT2D eigenvalue weighted by Crippen LogP contribution is 2.34. The third-order valence-corrected chi connectivity index (χ3v) is 3.98. The minimum atomic E-state index is -0.113. The molecule has 0 aromatic heterocycles. The van der Waals surface area contributed by atoms with E-state index >= 15 is 0 Å². The number of aliphatic hydroxyl groups excluding tert-OH is 1. The Kier molecular flexibility index (Phi) is 3.87. The predicted octanol–water partition coefficient (Wildman–Crippen LogP) is 2.82. The number of rotatable bonds is 1. The molecule has 0 bridgehead atoms. The number of nitrogens with one attached hydrogen (secondary N) is 1. The number of allylic oxidation sites excluding steroid dienone is 2. The zero-order valence-corrected chi connectivity index (χ0v) is 11.2. The van der Waals surface area contributed by atoms with Crippen LogP contribution < -0.4 is 5.43 Å². The topological polar surface area (TPSA) is 44.6 Å². The molecular weight excluding hydrogens is 212 g/mol. The molecule has 0 aromatic rings. The van der Waals surface area contributed by atoms with Crippen LogP contribution in [0.15, 0.2) is 16.4 Å². The number of nitrogens with zero attached hydrogens (tertiary/aromatic N) is 1. The molecule has 0 aromatic carbocycles. The molecule has 1 heterocycles. The maximum Gasteiger partial charge on any atom is 0.0543 e. The lowest BCUT2D eigenvalue weighted by Gasteiger charge is -2.32. The summed E-state index contributed by atoms with van der Waals surface area (Å²) < 4.78 is 0. The van der Waals surface area contributed by atoms with Gasteiger partial charge < -0.3 is 5.11 Å². The zero-order chi connectivity index (χ0) is 12.4. The number of fused-ring (bicyclic) bond motifs is 1. The number of aliphatic hydroxyl groups is 1. The van der Waals surface area contributed by atoms with Crippen LogP contribution in [-0.4, -0.2) is 16.9 Å². The molecule has 1 saturated carbocycles. The van der Waals surface area contributed by atoms with Crippen LogP contribution in [-0.2, 0) is 0 Å². The van der Waals surface area contributed by atoms with Gasteiger partial charge in [-0.3, -0.25) is 5.43 Å². The molecule has 96 valence electrons. The molecule has 2 aliphatic rings. The van der Waals surface area contributed by atoms with Crippen molar-refractivity contribution in [3.63, 3.8) is 0 Å². The van der Waals surface area contributed by atoms with Gasteiger partial charge in [0.05, 0.1) is 6.10 Å². The Balaban J connectivity index is 2.22. The van der Waals surface area contributed by atoms with Crippen molar-refractivity contribution >= 4 is 5.71 Å². The molecule has 1 aliphatic heterocycles. The second-order valence-corrected chi connectivity index (χ2v) is 5.63. The van der Waals surface area contributed by atoms with Gasteiger partial charge in [0.2, 0.25) is 0 Å². The second-order valence-electron chi connectivity index (χ2n) is 5.63. The van der Waals surface area contributed by atoms with E-state index in [-0.39, 0.29) is 6.10 Å². The molecule has 0 spiro atoms. The maximum absolute atomic E-state index is 9.79. The monoisotopic (exact) mass is 236 g/mol. The van der Waals surface area contributed by atoms with E-state index in [2.05, 4.69) is 31.3 Å². The van der Waals surface area contributed by atoms with Crippen molar-refractivity contribution in [1.29, 1.82) is 0 Å². The van der Waals surface area contributed by atoms with Crippen LogP contribution >= 0.6 is 0 Å².